The maximum absolute atomic E-state index is 6.31. The van der Waals surface area contributed by atoms with Gasteiger partial charge >= 0.3 is 0 Å². The average Bonchev–Trinajstić information content (AvgIpc) is 3.23. The Morgan fingerprint density at radius 3 is 2.61 bits per heavy atom. The van der Waals surface area contributed by atoms with Crippen molar-refractivity contribution in [1.82, 2.24) is 15.0 Å². The third kappa shape index (κ3) is 4.11. The number of imidazole rings is 1. The van der Waals surface area contributed by atoms with Gasteiger partial charge in [-0.3, -0.25) is 0 Å². The van der Waals surface area contributed by atoms with E-state index < -0.39 is 0 Å². The van der Waals surface area contributed by atoms with E-state index in [4.69, 9.17) is 18.9 Å². The Morgan fingerprint density at radius 2 is 1.79 bits per heavy atom. The number of H-pyrrole nitrogens is 1. The van der Waals surface area contributed by atoms with Gasteiger partial charge in [0.1, 0.15) is 30.2 Å². The van der Waals surface area contributed by atoms with Gasteiger partial charge in [0.15, 0.2) is 11.5 Å². The number of anilines is 2. The molecule has 0 atom stereocenters. The number of nitrogens with one attached hydrogen (secondary N) is 2. The number of para-hydroxylation sites is 1. The molecule has 0 saturated carbocycles. The van der Waals surface area contributed by atoms with E-state index in [-0.39, 0.29) is 5.41 Å². The highest BCUT2D eigenvalue weighted by Gasteiger charge is 2.22. The Bertz CT molecular complexity index is 1310. The molecule has 2 N–H and O–H groups in total. The van der Waals surface area contributed by atoms with E-state index in [0.29, 0.717) is 53.6 Å². The molecule has 2 aromatic carbocycles. The minimum absolute atomic E-state index is 0.0943. The molecular weight excluding hydrogens is 420 g/mol. The van der Waals surface area contributed by atoms with Crippen LogP contribution in [0.25, 0.3) is 11.0 Å². The summed E-state index contributed by atoms with van der Waals surface area (Å²) in [6.45, 7) is 7.47. The summed E-state index contributed by atoms with van der Waals surface area (Å²) in [5, 5.41) is 3.29. The number of hydrogen-bond donors (Lipinski definition) is 2. The van der Waals surface area contributed by atoms with E-state index in [1.807, 2.05) is 36.4 Å². The van der Waals surface area contributed by atoms with Crippen LogP contribution in [0, 0.1) is 0 Å². The third-order valence-corrected chi connectivity index (χ3v) is 5.36. The first-order chi connectivity index (χ1) is 15.9. The lowest BCUT2D eigenvalue weighted by atomic mass is 9.86. The highest BCUT2D eigenvalue weighted by molar-refractivity contribution is 5.87. The van der Waals surface area contributed by atoms with Crippen LogP contribution in [0.2, 0.25) is 0 Å². The van der Waals surface area contributed by atoms with Crippen LogP contribution in [0.3, 0.4) is 0 Å². The molecule has 0 amide bonds. The van der Waals surface area contributed by atoms with Gasteiger partial charge in [0.25, 0.3) is 0 Å². The summed E-state index contributed by atoms with van der Waals surface area (Å²) in [7, 11) is 1.58. The summed E-state index contributed by atoms with van der Waals surface area (Å²) < 4.78 is 23.1. The van der Waals surface area contributed by atoms with Crippen molar-refractivity contribution in [2.45, 2.75) is 26.2 Å². The summed E-state index contributed by atoms with van der Waals surface area (Å²) in [5.74, 6) is 3.44. The Labute approximate surface area is 191 Å². The van der Waals surface area contributed by atoms with Gasteiger partial charge in [-0.2, -0.15) is 4.98 Å². The van der Waals surface area contributed by atoms with E-state index in [1.165, 1.54) is 0 Å². The molecule has 0 spiro atoms. The van der Waals surface area contributed by atoms with E-state index in [9.17, 15) is 0 Å². The Balaban J connectivity index is 1.51. The van der Waals surface area contributed by atoms with Crippen LogP contribution in [-0.4, -0.2) is 35.3 Å². The lowest BCUT2D eigenvalue weighted by molar-refractivity contribution is 0.173. The molecule has 0 unspecified atom stereocenters. The van der Waals surface area contributed by atoms with Crippen molar-refractivity contribution < 1.29 is 18.9 Å². The predicted molar refractivity (Wildman–Crippen MR) is 126 cm³/mol. The molecule has 0 bridgehead atoms. The largest absolute Gasteiger partial charge is 0.486 e. The van der Waals surface area contributed by atoms with Crippen molar-refractivity contribution in [2.75, 3.05) is 25.6 Å². The highest BCUT2D eigenvalue weighted by Crippen LogP contribution is 2.39. The van der Waals surface area contributed by atoms with Crippen LogP contribution in [0.5, 0.6) is 29.0 Å². The van der Waals surface area contributed by atoms with Crippen LogP contribution in [0.15, 0.2) is 48.5 Å². The van der Waals surface area contributed by atoms with Crippen LogP contribution >= 0.6 is 0 Å². The summed E-state index contributed by atoms with van der Waals surface area (Å²) in [4.78, 5) is 12.5. The molecule has 3 heterocycles. The number of benzene rings is 2. The lowest BCUT2D eigenvalue weighted by Crippen LogP contribution is -2.15. The van der Waals surface area contributed by atoms with Gasteiger partial charge in [-0.25, -0.2) is 4.98 Å². The molecule has 2 aromatic heterocycles. The Kier molecular flexibility index (Phi) is 5.20. The normalized spacial score (nSPS) is 13.1. The summed E-state index contributed by atoms with van der Waals surface area (Å²) >= 11 is 0. The van der Waals surface area contributed by atoms with Gasteiger partial charge in [0, 0.05) is 11.6 Å². The van der Waals surface area contributed by atoms with Gasteiger partial charge in [-0.05, 0) is 29.7 Å². The maximum atomic E-state index is 6.31. The second-order valence-corrected chi connectivity index (χ2v) is 8.75. The van der Waals surface area contributed by atoms with Crippen LogP contribution in [0.1, 0.15) is 26.3 Å². The zero-order chi connectivity index (χ0) is 23.0. The Morgan fingerprint density at radius 1 is 0.970 bits per heavy atom. The fourth-order valence-corrected chi connectivity index (χ4v) is 3.76. The number of ether oxygens (including phenoxy) is 4. The van der Waals surface area contributed by atoms with Gasteiger partial charge in [-0.1, -0.05) is 39.0 Å². The number of hydrogen-bond acceptors (Lipinski definition) is 7. The number of aromatic amines is 1. The van der Waals surface area contributed by atoms with E-state index in [1.54, 1.807) is 13.2 Å². The van der Waals surface area contributed by atoms with Crippen molar-refractivity contribution in [3.05, 3.63) is 54.1 Å². The number of nitrogens with zero attached hydrogens (tertiary/aromatic N) is 2. The van der Waals surface area contributed by atoms with Gasteiger partial charge in [-0.15, -0.1) is 0 Å². The van der Waals surface area contributed by atoms with E-state index >= 15 is 0 Å². The zero-order valence-corrected chi connectivity index (χ0v) is 19.1. The fourth-order valence-electron chi connectivity index (χ4n) is 3.76. The molecule has 170 valence electrons. The van der Waals surface area contributed by atoms with E-state index in [0.717, 1.165) is 16.8 Å². The van der Waals surface area contributed by atoms with Crippen molar-refractivity contribution >= 4 is 22.7 Å². The molecule has 0 saturated heterocycles. The highest BCUT2D eigenvalue weighted by atomic mass is 16.6. The first kappa shape index (κ1) is 20.9. The SMILES string of the molecule is COc1ccc(Nc2nc3c4c(ccc3[nH]2)OCCO4)c(Oc2ccccc2C(C)(C)C)n1. The molecule has 8 heteroatoms. The number of pyridine rings is 1. The molecule has 0 aliphatic carbocycles. The third-order valence-electron chi connectivity index (χ3n) is 5.36. The molecular formula is C25H26N4O4. The molecule has 0 fully saturated rings. The van der Waals surface area contributed by atoms with Gasteiger partial charge < -0.3 is 29.2 Å². The van der Waals surface area contributed by atoms with Gasteiger partial charge in [0.05, 0.1) is 12.6 Å². The minimum atomic E-state index is -0.0943. The zero-order valence-electron chi connectivity index (χ0n) is 19.1. The number of rotatable bonds is 5. The van der Waals surface area contributed by atoms with Crippen molar-refractivity contribution in [3.63, 3.8) is 0 Å². The lowest BCUT2D eigenvalue weighted by Gasteiger charge is -2.23. The first-order valence-electron chi connectivity index (χ1n) is 10.8. The van der Waals surface area contributed by atoms with Crippen molar-refractivity contribution in [2.24, 2.45) is 0 Å². The summed E-state index contributed by atoms with van der Waals surface area (Å²) in [6, 6.07) is 15.4. The maximum Gasteiger partial charge on any atom is 0.246 e. The van der Waals surface area contributed by atoms with E-state index in [2.05, 4.69) is 47.1 Å². The van der Waals surface area contributed by atoms with Crippen molar-refractivity contribution in [1.29, 1.82) is 0 Å². The molecule has 8 nitrogen and oxygen atoms in total. The Hall–Kier alpha value is -3.94. The predicted octanol–water partition coefficient (Wildman–Crippen LogP) is 5.57. The second-order valence-electron chi connectivity index (χ2n) is 8.75. The van der Waals surface area contributed by atoms with Crippen LogP contribution in [-0.2, 0) is 5.41 Å². The molecule has 4 aromatic rings. The number of methoxy groups -OCH3 is 1. The van der Waals surface area contributed by atoms with Crippen LogP contribution in [0.4, 0.5) is 11.6 Å². The molecule has 33 heavy (non-hydrogen) atoms. The number of fused-ring (bicyclic) bond motifs is 3. The fraction of sp³-hybridized carbons (Fsp3) is 0.280. The van der Waals surface area contributed by atoms with Crippen molar-refractivity contribution in [3.8, 4) is 29.0 Å². The topological polar surface area (TPSA) is 90.5 Å². The standard InChI is InChI=1S/C25H26N4O4/c1-25(2,3)15-7-5-6-8-18(15)33-23-17(10-12-20(28-23)30-4)27-24-26-16-9-11-19-22(21(16)29-24)32-14-13-31-19/h5-12H,13-14H2,1-4H3,(H2,26,27,29). The van der Waals surface area contributed by atoms with Crippen LogP contribution < -0.4 is 24.3 Å². The van der Waals surface area contributed by atoms with Gasteiger partial charge in [0.2, 0.25) is 17.7 Å². The first-order valence-corrected chi connectivity index (χ1v) is 10.8. The quantitative estimate of drug-likeness (QED) is 0.414. The average molecular weight is 447 g/mol. The molecule has 1 aliphatic heterocycles. The smallest absolute Gasteiger partial charge is 0.246 e. The minimum Gasteiger partial charge on any atom is -0.486 e. The summed E-state index contributed by atoms with van der Waals surface area (Å²) in [6.07, 6.45) is 0. The summed E-state index contributed by atoms with van der Waals surface area (Å²) in [5.41, 5.74) is 3.17. The molecule has 0 radical (unpaired) electrons. The molecule has 5 rings (SSSR count). The monoisotopic (exact) mass is 446 g/mol. The second kappa shape index (κ2) is 8.20. The molecule has 1 aliphatic rings. The number of aromatic nitrogens is 3.